The van der Waals surface area contributed by atoms with Crippen molar-refractivity contribution in [3.63, 3.8) is 0 Å². The fourth-order valence-corrected chi connectivity index (χ4v) is 2.71. The Morgan fingerprint density at radius 3 is 2.56 bits per heavy atom. The Bertz CT molecular complexity index is 616. The first-order valence-electron chi connectivity index (χ1n) is 8.63. The summed E-state index contributed by atoms with van der Waals surface area (Å²) in [6.45, 7) is 3.82. The highest BCUT2D eigenvalue weighted by Gasteiger charge is 2.07. The first kappa shape index (κ1) is 18.9. The average Bonchev–Trinajstić information content (AvgIpc) is 2.66. The van der Waals surface area contributed by atoms with E-state index in [9.17, 15) is 4.79 Å². The van der Waals surface area contributed by atoms with E-state index in [1.807, 2.05) is 18.2 Å². The molecule has 136 valence electrons. The average molecular weight is 345 g/mol. The van der Waals surface area contributed by atoms with Gasteiger partial charge in [-0.25, -0.2) is 4.79 Å². The van der Waals surface area contributed by atoms with Gasteiger partial charge in [0.05, 0.1) is 27.3 Å². The third kappa shape index (κ3) is 6.55. The standard InChI is InChI=1S/C19H27N3O3/c1-24-17-9-8-16(14-18(17)25-2)15-21-19(23)20-10-4-7-13-22-11-5-3-6-12-22/h8-9,14H,3,5-6,10-13,15H2,1-2H3,(H2,20,21,23). The Kier molecular flexibility index (Phi) is 7.93. The minimum Gasteiger partial charge on any atom is -0.493 e. The molecule has 2 N–H and O–H groups in total. The van der Waals surface area contributed by atoms with E-state index in [0.29, 0.717) is 24.6 Å². The smallest absolute Gasteiger partial charge is 0.315 e. The molecule has 0 saturated carbocycles. The fourth-order valence-electron chi connectivity index (χ4n) is 2.71. The van der Waals surface area contributed by atoms with Gasteiger partial charge in [0.15, 0.2) is 11.5 Å². The Labute approximate surface area is 149 Å². The fraction of sp³-hybridized carbons (Fsp3) is 0.526. The molecule has 0 aromatic heterocycles. The Hall–Kier alpha value is -2.39. The van der Waals surface area contributed by atoms with E-state index in [-0.39, 0.29) is 6.03 Å². The topological polar surface area (TPSA) is 62.8 Å². The van der Waals surface area contributed by atoms with E-state index in [0.717, 1.165) is 25.2 Å². The molecule has 2 amide bonds. The zero-order valence-corrected chi connectivity index (χ0v) is 15.1. The molecule has 2 rings (SSSR count). The van der Waals surface area contributed by atoms with Gasteiger partial charge < -0.3 is 20.1 Å². The number of likely N-dealkylation sites (tertiary alicyclic amines) is 1. The molecular formula is C19H27N3O3. The molecule has 0 radical (unpaired) electrons. The van der Waals surface area contributed by atoms with Crippen LogP contribution in [0.1, 0.15) is 24.8 Å². The summed E-state index contributed by atoms with van der Waals surface area (Å²) in [5, 5.41) is 5.55. The number of urea groups is 1. The van der Waals surface area contributed by atoms with Crippen molar-refractivity contribution >= 4 is 6.03 Å². The first-order chi connectivity index (χ1) is 12.2. The lowest BCUT2D eigenvalue weighted by atomic mass is 10.1. The molecule has 0 bridgehead atoms. The normalized spacial score (nSPS) is 14.2. The van der Waals surface area contributed by atoms with Gasteiger partial charge in [-0.15, -0.1) is 0 Å². The second-order valence-corrected chi connectivity index (χ2v) is 5.92. The van der Waals surface area contributed by atoms with E-state index in [1.54, 1.807) is 14.2 Å². The third-order valence-electron chi connectivity index (χ3n) is 4.11. The molecular weight excluding hydrogens is 318 g/mol. The molecule has 1 saturated heterocycles. The Morgan fingerprint density at radius 1 is 1.08 bits per heavy atom. The summed E-state index contributed by atoms with van der Waals surface area (Å²) in [7, 11) is 3.18. The van der Waals surface area contributed by atoms with Crippen molar-refractivity contribution in [2.45, 2.75) is 25.8 Å². The van der Waals surface area contributed by atoms with Crippen LogP contribution in [0.15, 0.2) is 18.2 Å². The number of amides is 2. The van der Waals surface area contributed by atoms with Gasteiger partial charge in [0, 0.05) is 6.54 Å². The largest absolute Gasteiger partial charge is 0.493 e. The number of piperidine rings is 1. The molecule has 0 aliphatic carbocycles. The lowest BCUT2D eigenvalue weighted by Gasteiger charge is -2.23. The van der Waals surface area contributed by atoms with Crippen LogP contribution in [-0.4, -0.2) is 51.3 Å². The number of nitrogens with one attached hydrogen (secondary N) is 2. The number of methoxy groups -OCH3 is 2. The summed E-state index contributed by atoms with van der Waals surface area (Å²) in [6, 6.07) is 5.32. The van der Waals surface area contributed by atoms with Crippen molar-refractivity contribution in [1.82, 2.24) is 15.5 Å². The molecule has 1 aromatic rings. The minimum atomic E-state index is -0.234. The number of carbonyl (C=O) groups is 1. The minimum absolute atomic E-state index is 0.234. The summed E-state index contributed by atoms with van der Waals surface area (Å²) < 4.78 is 10.4. The molecule has 1 aliphatic rings. The van der Waals surface area contributed by atoms with Crippen LogP contribution in [-0.2, 0) is 6.54 Å². The quantitative estimate of drug-likeness (QED) is 0.774. The lowest BCUT2D eigenvalue weighted by Crippen LogP contribution is -2.35. The van der Waals surface area contributed by atoms with Crippen molar-refractivity contribution in [1.29, 1.82) is 0 Å². The molecule has 0 unspecified atom stereocenters. The number of carbonyl (C=O) groups excluding carboxylic acids is 1. The number of hydrogen-bond donors (Lipinski definition) is 2. The Balaban J connectivity index is 1.67. The summed E-state index contributed by atoms with van der Waals surface area (Å²) >= 11 is 0. The van der Waals surface area contributed by atoms with Gasteiger partial charge in [0.1, 0.15) is 0 Å². The molecule has 6 heteroatoms. The number of ether oxygens (including phenoxy) is 2. The van der Waals surface area contributed by atoms with Crippen LogP contribution >= 0.6 is 0 Å². The molecule has 1 aliphatic heterocycles. The molecule has 6 nitrogen and oxygen atoms in total. The summed E-state index contributed by atoms with van der Waals surface area (Å²) in [4.78, 5) is 14.2. The molecule has 25 heavy (non-hydrogen) atoms. The highest BCUT2D eigenvalue weighted by atomic mass is 16.5. The third-order valence-corrected chi connectivity index (χ3v) is 4.11. The number of nitrogens with zero attached hydrogens (tertiary/aromatic N) is 1. The van der Waals surface area contributed by atoms with E-state index < -0.39 is 0 Å². The second-order valence-electron chi connectivity index (χ2n) is 5.92. The van der Waals surface area contributed by atoms with Crippen LogP contribution < -0.4 is 20.1 Å². The van der Waals surface area contributed by atoms with Gasteiger partial charge in [-0.3, -0.25) is 4.90 Å². The molecule has 1 aromatic carbocycles. The van der Waals surface area contributed by atoms with E-state index in [1.165, 1.54) is 19.3 Å². The SMILES string of the molecule is COc1ccc(CNC(=O)NCC#CCN2CCCCC2)cc1OC. The van der Waals surface area contributed by atoms with Gasteiger partial charge in [0.25, 0.3) is 0 Å². The van der Waals surface area contributed by atoms with Gasteiger partial charge >= 0.3 is 6.03 Å². The van der Waals surface area contributed by atoms with Crippen LogP contribution in [0, 0.1) is 11.8 Å². The predicted molar refractivity (Wildman–Crippen MR) is 97.9 cm³/mol. The predicted octanol–water partition coefficient (Wildman–Crippen LogP) is 1.99. The monoisotopic (exact) mass is 345 g/mol. The second kappa shape index (κ2) is 10.5. The summed E-state index contributed by atoms with van der Waals surface area (Å²) in [5.74, 6) is 7.42. The van der Waals surface area contributed by atoms with Crippen LogP contribution in [0.5, 0.6) is 11.5 Å². The maximum absolute atomic E-state index is 11.8. The van der Waals surface area contributed by atoms with E-state index in [2.05, 4.69) is 27.4 Å². The van der Waals surface area contributed by atoms with Gasteiger partial charge in [0.2, 0.25) is 0 Å². The molecule has 0 atom stereocenters. The first-order valence-corrected chi connectivity index (χ1v) is 8.63. The number of rotatable bonds is 6. The number of hydrogen-bond acceptors (Lipinski definition) is 4. The van der Waals surface area contributed by atoms with Gasteiger partial charge in [-0.05, 0) is 43.6 Å². The van der Waals surface area contributed by atoms with Gasteiger partial charge in [-0.2, -0.15) is 0 Å². The van der Waals surface area contributed by atoms with Crippen molar-refractivity contribution < 1.29 is 14.3 Å². The van der Waals surface area contributed by atoms with E-state index >= 15 is 0 Å². The van der Waals surface area contributed by atoms with Crippen LogP contribution in [0.3, 0.4) is 0 Å². The highest BCUT2D eigenvalue weighted by molar-refractivity contribution is 5.74. The van der Waals surface area contributed by atoms with Crippen molar-refractivity contribution in [2.75, 3.05) is 40.4 Å². The maximum Gasteiger partial charge on any atom is 0.315 e. The molecule has 0 spiro atoms. The Morgan fingerprint density at radius 2 is 1.84 bits per heavy atom. The molecule has 1 heterocycles. The summed E-state index contributed by atoms with van der Waals surface area (Å²) in [6.07, 6.45) is 3.85. The zero-order chi connectivity index (χ0) is 17.9. The van der Waals surface area contributed by atoms with Gasteiger partial charge in [-0.1, -0.05) is 24.3 Å². The van der Waals surface area contributed by atoms with E-state index in [4.69, 9.17) is 9.47 Å². The molecule has 1 fully saturated rings. The van der Waals surface area contributed by atoms with Crippen molar-refractivity contribution in [3.05, 3.63) is 23.8 Å². The summed E-state index contributed by atoms with van der Waals surface area (Å²) in [5.41, 5.74) is 0.934. The lowest BCUT2D eigenvalue weighted by molar-refractivity contribution is 0.241. The maximum atomic E-state index is 11.8. The van der Waals surface area contributed by atoms with Crippen LogP contribution in [0.2, 0.25) is 0 Å². The highest BCUT2D eigenvalue weighted by Crippen LogP contribution is 2.27. The van der Waals surface area contributed by atoms with Crippen molar-refractivity contribution in [3.8, 4) is 23.3 Å². The van der Waals surface area contributed by atoms with Crippen LogP contribution in [0.4, 0.5) is 4.79 Å². The number of benzene rings is 1. The zero-order valence-electron chi connectivity index (χ0n) is 15.1. The van der Waals surface area contributed by atoms with Crippen molar-refractivity contribution in [2.24, 2.45) is 0 Å². The van der Waals surface area contributed by atoms with Crippen LogP contribution in [0.25, 0.3) is 0 Å².